The number of hydrogen-bond acceptors (Lipinski definition) is 2. The van der Waals surface area contributed by atoms with Crippen LogP contribution in [0.3, 0.4) is 0 Å². The van der Waals surface area contributed by atoms with Gasteiger partial charge in [0, 0.05) is 10.6 Å². The first-order valence-corrected chi connectivity index (χ1v) is 4.78. The van der Waals surface area contributed by atoms with Crippen LogP contribution in [-0.4, -0.2) is 10.9 Å². The fraction of sp³-hybridized carbons (Fsp3) is 0.200. The van der Waals surface area contributed by atoms with E-state index in [4.69, 9.17) is 16.7 Å². The van der Waals surface area contributed by atoms with Crippen LogP contribution in [0.4, 0.5) is 0 Å². The van der Waals surface area contributed by atoms with Gasteiger partial charge in [0.15, 0.2) is 0 Å². The van der Waals surface area contributed by atoms with E-state index in [1.54, 1.807) is 12.1 Å². The molecule has 0 atom stereocenters. The topological polar surface area (TPSA) is 20.2 Å². The van der Waals surface area contributed by atoms with E-state index in [9.17, 15) is 0 Å². The summed E-state index contributed by atoms with van der Waals surface area (Å²) in [5.74, 6) is 6.25. The number of thiol groups is 1. The molecule has 0 heterocycles. The van der Waals surface area contributed by atoms with Gasteiger partial charge in [0.2, 0.25) is 0 Å². The van der Waals surface area contributed by atoms with Crippen LogP contribution in [0.25, 0.3) is 0 Å². The summed E-state index contributed by atoms with van der Waals surface area (Å²) in [6, 6.07) is 5.33. The van der Waals surface area contributed by atoms with Crippen molar-refractivity contribution in [3.05, 3.63) is 34.3 Å². The molecule has 1 N–H and O–H groups in total. The summed E-state index contributed by atoms with van der Waals surface area (Å²) in [6.07, 6.45) is 0. The first-order valence-electron chi connectivity index (χ1n) is 3.77. The van der Waals surface area contributed by atoms with Crippen LogP contribution < -0.4 is 0 Å². The largest absolute Gasteiger partial charge is 0.392 e. The molecule has 0 saturated carbocycles. The second kappa shape index (κ2) is 5.18. The fourth-order valence-electron chi connectivity index (χ4n) is 0.915. The lowest BCUT2D eigenvalue weighted by molar-refractivity contribution is 0.282. The smallest absolute Gasteiger partial charge is 0.0696 e. The predicted octanol–water partition coefficient (Wildman–Crippen LogP) is 2.11. The van der Waals surface area contributed by atoms with Crippen LogP contribution >= 0.6 is 24.2 Å². The number of hydrogen-bond donors (Lipinski definition) is 2. The highest BCUT2D eigenvalue weighted by Crippen LogP contribution is 2.16. The monoisotopic (exact) mass is 212 g/mol. The quantitative estimate of drug-likeness (QED) is 0.540. The molecule has 0 aliphatic carbocycles. The third-order valence-electron chi connectivity index (χ3n) is 1.53. The molecule has 3 heteroatoms. The maximum Gasteiger partial charge on any atom is 0.0696 e. The Bertz CT molecular complexity index is 352. The molecule has 1 rings (SSSR count). The van der Waals surface area contributed by atoms with Crippen molar-refractivity contribution in [1.82, 2.24) is 0 Å². The average molecular weight is 213 g/mol. The van der Waals surface area contributed by atoms with Crippen molar-refractivity contribution in [2.75, 3.05) is 5.75 Å². The zero-order valence-corrected chi connectivity index (χ0v) is 8.57. The van der Waals surface area contributed by atoms with Crippen LogP contribution in [0.2, 0.25) is 5.02 Å². The number of rotatable bonds is 1. The van der Waals surface area contributed by atoms with Crippen LogP contribution in [0.1, 0.15) is 11.1 Å². The molecule has 0 radical (unpaired) electrons. The van der Waals surface area contributed by atoms with Gasteiger partial charge >= 0.3 is 0 Å². The highest BCUT2D eigenvalue weighted by molar-refractivity contribution is 7.80. The molecule has 0 saturated heterocycles. The van der Waals surface area contributed by atoms with Gasteiger partial charge in [-0.2, -0.15) is 12.6 Å². The van der Waals surface area contributed by atoms with Crippen LogP contribution in [0.15, 0.2) is 18.2 Å². The molecule has 0 amide bonds. The summed E-state index contributed by atoms with van der Waals surface area (Å²) in [5, 5.41) is 9.49. The van der Waals surface area contributed by atoms with E-state index in [-0.39, 0.29) is 6.61 Å². The zero-order valence-electron chi connectivity index (χ0n) is 6.92. The molecule has 68 valence electrons. The van der Waals surface area contributed by atoms with Crippen molar-refractivity contribution in [2.24, 2.45) is 0 Å². The predicted molar refractivity (Wildman–Crippen MR) is 58.1 cm³/mol. The lowest BCUT2D eigenvalue weighted by atomic mass is 10.1. The van der Waals surface area contributed by atoms with E-state index in [2.05, 4.69) is 24.5 Å². The van der Waals surface area contributed by atoms with E-state index in [0.29, 0.717) is 16.3 Å². The van der Waals surface area contributed by atoms with Gasteiger partial charge in [-0.15, -0.1) is 0 Å². The first kappa shape index (κ1) is 10.5. The Morgan fingerprint density at radius 3 is 2.85 bits per heavy atom. The number of benzene rings is 1. The highest BCUT2D eigenvalue weighted by atomic mass is 35.5. The minimum absolute atomic E-state index is 0.0603. The Morgan fingerprint density at radius 1 is 1.46 bits per heavy atom. The summed E-state index contributed by atoms with van der Waals surface area (Å²) >= 11 is 9.78. The van der Waals surface area contributed by atoms with Gasteiger partial charge in [-0.25, -0.2) is 0 Å². The minimum atomic E-state index is -0.0603. The zero-order chi connectivity index (χ0) is 9.68. The van der Waals surface area contributed by atoms with Crippen LogP contribution in [0.5, 0.6) is 0 Å². The molecule has 0 bridgehead atoms. The van der Waals surface area contributed by atoms with Crippen molar-refractivity contribution < 1.29 is 5.11 Å². The first-order chi connectivity index (χ1) is 6.27. The van der Waals surface area contributed by atoms with Gasteiger partial charge in [0.1, 0.15) is 0 Å². The second-order valence-corrected chi connectivity index (χ2v) is 3.15. The molecular formula is C10H9ClOS. The van der Waals surface area contributed by atoms with Gasteiger partial charge < -0.3 is 5.11 Å². The third-order valence-corrected chi connectivity index (χ3v) is 2.05. The van der Waals surface area contributed by atoms with E-state index in [0.717, 1.165) is 5.56 Å². The normalized spacial score (nSPS) is 9.15. The van der Waals surface area contributed by atoms with Crippen molar-refractivity contribution >= 4 is 24.2 Å². The van der Waals surface area contributed by atoms with E-state index in [1.165, 1.54) is 0 Å². The molecule has 0 aliphatic heterocycles. The van der Waals surface area contributed by atoms with Crippen LogP contribution in [0, 0.1) is 11.8 Å². The van der Waals surface area contributed by atoms with Gasteiger partial charge in [-0.1, -0.05) is 23.4 Å². The van der Waals surface area contributed by atoms with Crippen molar-refractivity contribution in [1.29, 1.82) is 0 Å². The molecular weight excluding hydrogens is 204 g/mol. The van der Waals surface area contributed by atoms with E-state index in [1.807, 2.05) is 6.07 Å². The lowest BCUT2D eigenvalue weighted by Crippen LogP contribution is -1.86. The lowest BCUT2D eigenvalue weighted by Gasteiger charge is -1.99. The number of aliphatic hydroxyl groups excluding tert-OH is 1. The number of aliphatic hydroxyl groups is 1. The minimum Gasteiger partial charge on any atom is -0.392 e. The van der Waals surface area contributed by atoms with Crippen molar-refractivity contribution in [2.45, 2.75) is 6.61 Å². The Kier molecular flexibility index (Phi) is 4.17. The summed E-state index contributed by atoms with van der Waals surface area (Å²) in [4.78, 5) is 0. The van der Waals surface area contributed by atoms with Gasteiger partial charge in [0.25, 0.3) is 0 Å². The molecule has 0 aromatic heterocycles. The Morgan fingerprint density at radius 2 is 2.23 bits per heavy atom. The second-order valence-electron chi connectivity index (χ2n) is 2.42. The molecule has 0 fully saturated rings. The maximum atomic E-state index is 8.92. The average Bonchev–Trinajstić information content (AvgIpc) is 2.16. The van der Waals surface area contributed by atoms with Crippen molar-refractivity contribution in [3.63, 3.8) is 0 Å². The summed E-state index contributed by atoms with van der Waals surface area (Å²) in [6.45, 7) is -0.0603. The Labute approximate surface area is 88.1 Å². The van der Waals surface area contributed by atoms with Gasteiger partial charge in [0.05, 0.1) is 12.4 Å². The fourth-order valence-corrected chi connectivity index (χ4v) is 1.17. The van der Waals surface area contributed by atoms with E-state index < -0.39 is 0 Å². The third kappa shape index (κ3) is 2.96. The molecule has 13 heavy (non-hydrogen) atoms. The molecule has 1 nitrogen and oxygen atoms in total. The SMILES string of the molecule is OCc1cc(C#CCS)ccc1Cl. The summed E-state index contributed by atoms with van der Waals surface area (Å²) in [7, 11) is 0. The van der Waals surface area contributed by atoms with Gasteiger partial charge in [-0.3, -0.25) is 0 Å². The highest BCUT2D eigenvalue weighted by Gasteiger charge is 1.98. The van der Waals surface area contributed by atoms with Crippen LogP contribution in [-0.2, 0) is 6.61 Å². The molecule has 0 unspecified atom stereocenters. The Balaban J connectivity index is 2.99. The van der Waals surface area contributed by atoms with Crippen molar-refractivity contribution in [3.8, 4) is 11.8 Å². The van der Waals surface area contributed by atoms with Gasteiger partial charge in [-0.05, 0) is 23.8 Å². The molecule has 0 spiro atoms. The summed E-state index contributed by atoms with van der Waals surface area (Å²) < 4.78 is 0. The number of halogens is 1. The summed E-state index contributed by atoms with van der Waals surface area (Å²) in [5.41, 5.74) is 1.55. The van der Waals surface area contributed by atoms with E-state index >= 15 is 0 Å². The Hall–Kier alpha value is -0.620. The molecule has 1 aromatic rings. The standard InChI is InChI=1S/C10H9ClOS/c11-10-4-3-8(2-1-5-13)6-9(10)7-12/h3-4,6,12-13H,5,7H2. The maximum absolute atomic E-state index is 8.92. The molecule has 0 aliphatic rings. The molecule has 1 aromatic carbocycles.